The number of halogens is 1. The molecule has 1 heterocycles. The standard InChI is InChI=1S/C18H28ClN3O2/c1-18(2,3)16(20)17(23)22-10-8-21(9-11-22)12-13-24-15-6-4-14(19)5-7-15/h4-7,16H,8-13,20H2,1-3H3/t16-/m1/s1. The molecule has 2 rings (SSSR count). The van der Waals surface area contributed by atoms with Crippen molar-refractivity contribution in [3.8, 4) is 5.75 Å². The largest absolute Gasteiger partial charge is 0.492 e. The molecule has 0 radical (unpaired) electrons. The van der Waals surface area contributed by atoms with Gasteiger partial charge in [0.15, 0.2) is 0 Å². The first-order valence-electron chi connectivity index (χ1n) is 8.42. The van der Waals surface area contributed by atoms with Gasteiger partial charge in [-0.3, -0.25) is 9.69 Å². The van der Waals surface area contributed by atoms with E-state index < -0.39 is 6.04 Å². The Balaban J connectivity index is 1.71. The number of hydrogen-bond donors (Lipinski definition) is 1. The number of carbonyl (C=O) groups excluding carboxylic acids is 1. The summed E-state index contributed by atoms with van der Waals surface area (Å²) in [7, 11) is 0. The van der Waals surface area contributed by atoms with E-state index in [0.717, 1.165) is 38.5 Å². The molecule has 0 aliphatic carbocycles. The van der Waals surface area contributed by atoms with E-state index in [1.54, 1.807) is 0 Å². The second kappa shape index (κ2) is 8.19. The summed E-state index contributed by atoms with van der Waals surface area (Å²) in [6.45, 7) is 10.6. The summed E-state index contributed by atoms with van der Waals surface area (Å²) in [4.78, 5) is 16.6. The summed E-state index contributed by atoms with van der Waals surface area (Å²) in [5, 5.41) is 0.705. The monoisotopic (exact) mass is 353 g/mol. The fourth-order valence-corrected chi connectivity index (χ4v) is 2.71. The molecule has 1 amide bonds. The Morgan fingerprint density at radius 1 is 1.21 bits per heavy atom. The zero-order valence-corrected chi connectivity index (χ0v) is 15.6. The SMILES string of the molecule is CC(C)(C)[C@H](N)C(=O)N1CCN(CCOc2ccc(Cl)cc2)CC1. The van der Waals surface area contributed by atoms with Crippen molar-refractivity contribution >= 4 is 17.5 Å². The highest BCUT2D eigenvalue weighted by atomic mass is 35.5. The summed E-state index contributed by atoms with van der Waals surface area (Å²) >= 11 is 5.85. The van der Waals surface area contributed by atoms with Crippen molar-refractivity contribution in [1.82, 2.24) is 9.80 Å². The highest BCUT2D eigenvalue weighted by Crippen LogP contribution is 2.20. The second-order valence-corrected chi connectivity index (χ2v) is 7.75. The van der Waals surface area contributed by atoms with Crippen LogP contribution in [0.1, 0.15) is 20.8 Å². The smallest absolute Gasteiger partial charge is 0.240 e. The Kier molecular flexibility index (Phi) is 6.49. The number of piperazine rings is 1. The molecule has 0 saturated carbocycles. The van der Waals surface area contributed by atoms with Gasteiger partial charge in [-0.2, -0.15) is 0 Å². The van der Waals surface area contributed by atoms with Gasteiger partial charge in [-0.15, -0.1) is 0 Å². The van der Waals surface area contributed by atoms with E-state index in [4.69, 9.17) is 22.1 Å². The van der Waals surface area contributed by atoms with Gasteiger partial charge in [0.05, 0.1) is 6.04 Å². The summed E-state index contributed by atoms with van der Waals surface area (Å²) in [6.07, 6.45) is 0. The molecule has 0 aromatic heterocycles. The van der Waals surface area contributed by atoms with E-state index in [1.807, 2.05) is 49.9 Å². The minimum atomic E-state index is -0.447. The highest BCUT2D eigenvalue weighted by molar-refractivity contribution is 6.30. The van der Waals surface area contributed by atoms with E-state index in [2.05, 4.69) is 4.90 Å². The first-order valence-corrected chi connectivity index (χ1v) is 8.80. The van der Waals surface area contributed by atoms with Crippen LogP contribution in [0.15, 0.2) is 24.3 Å². The van der Waals surface area contributed by atoms with Crippen molar-refractivity contribution in [2.24, 2.45) is 11.1 Å². The predicted octanol–water partition coefficient (Wildman–Crippen LogP) is 2.24. The zero-order valence-electron chi connectivity index (χ0n) is 14.8. The molecular weight excluding hydrogens is 326 g/mol. The fraction of sp³-hybridized carbons (Fsp3) is 0.611. The van der Waals surface area contributed by atoms with Crippen molar-refractivity contribution in [1.29, 1.82) is 0 Å². The molecule has 6 heteroatoms. The van der Waals surface area contributed by atoms with Gasteiger partial charge in [0, 0.05) is 37.7 Å². The van der Waals surface area contributed by atoms with Crippen LogP contribution < -0.4 is 10.5 Å². The van der Waals surface area contributed by atoms with Crippen LogP contribution in [0.2, 0.25) is 5.02 Å². The van der Waals surface area contributed by atoms with Crippen LogP contribution in [-0.2, 0) is 4.79 Å². The summed E-state index contributed by atoms with van der Waals surface area (Å²) in [5.41, 5.74) is 5.87. The average Bonchev–Trinajstić information content (AvgIpc) is 2.55. The maximum absolute atomic E-state index is 12.4. The Bertz CT molecular complexity index is 534. The van der Waals surface area contributed by atoms with Gasteiger partial charge in [0.1, 0.15) is 12.4 Å². The molecule has 0 bridgehead atoms. The Hall–Kier alpha value is -1.30. The molecule has 1 aliphatic rings. The molecule has 1 fully saturated rings. The fourth-order valence-electron chi connectivity index (χ4n) is 2.58. The lowest BCUT2D eigenvalue weighted by atomic mass is 9.86. The molecule has 1 aromatic carbocycles. The molecule has 0 spiro atoms. The van der Waals surface area contributed by atoms with Crippen molar-refractivity contribution in [3.63, 3.8) is 0 Å². The third-order valence-corrected chi connectivity index (χ3v) is 4.62. The van der Waals surface area contributed by atoms with E-state index in [9.17, 15) is 4.79 Å². The number of nitrogens with two attached hydrogens (primary N) is 1. The summed E-state index contributed by atoms with van der Waals surface area (Å²) in [5.74, 6) is 0.879. The molecule has 1 aliphatic heterocycles. The maximum atomic E-state index is 12.4. The molecule has 1 aromatic rings. The van der Waals surface area contributed by atoms with Crippen molar-refractivity contribution in [2.45, 2.75) is 26.8 Å². The maximum Gasteiger partial charge on any atom is 0.240 e. The number of nitrogens with zero attached hydrogens (tertiary/aromatic N) is 2. The first-order chi connectivity index (χ1) is 11.3. The molecule has 2 N–H and O–H groups in total. The number of ether oxygens (including phenoxy) is 1. The van der Waals surface area contributed by atoms with Crippen LogP contribution in [0.25, 0.3) is 0 Å². The van der Waals surface area contributed by atoms with E-state index in [-0.39, 0.29) is 11.3 Å². The molecule has 24 heavy (non-hydrogen) atoms. The number of hydrogen-bond acceptors (Lipinski definition) is 4. The molecule has 5 nitrogen and oxygen atoms in total. The quantitative estimate of drug-likeness (QED) is 0.882. The molecule has 1 saturated heterocycles. The lowest BCUT2D eigenvalue weighted by Crippen LogP contribution is -2.56. The Morgan fingerprint density at radius 3 is 2.33 bits per heavy atom. The predicted molar refractivity (Wildman–Crippen MR) is 97.4 cm³/mol. The third kappa shape index (κ3) is 5.36. The molecule has 0 unspecified atom stereocenters. The van der Waals surface area contributed by atoms with Gasteiger partial charge in [-0.05, 0) is 29.7 Å². The summed E-state index contributed by atoms with van der Waals surface area (Å²) < 4.78 is 5.72. The molecule has 1 atom stereocenters. The Morgan fingerprint density at radius 2 is 1.79 bits per heavy atom. The van der Waals surface area contributed by atoms with E-state index in [0.29, 0.717) is 11.6 Å². The third-order valence-electron chi connectivity index (χ3n) is 4.37. The van der Waals surface area contributed by atoms with Crippen LogP contribution in [0.3, 0.4) is 0 Å². The van der Waals surface area contributed by atoms with Gasteiger partial charge in [-0.25, -0.2) is 0 Å². The van der Waals surface area contributed by atoms with Gasteiger partial charge in [0.25, 0.3) is 0 Å². The number of benzene rings is 1. The second-order valence-electron chi connectivity index (χ2n) is 7.31. The van der Waals surface area contributed by atoms with Crippen LogP contribution in [0.4, 0.5) is 0 Å². The summed E-state index contributed by atoms with van der Waals surface area (Å²) in [6, 6.07) is 6.93. The van der Waals surface area contributed by atoms with Crippen LogP contribution in [-0.4, -0.2) is 61.1 Å². The van der Waals surface area contributed by atoms with Gasteiger partial charge in [0.2, 0.25) is 5.91 Å². The lowest BCUT2D eigenvalue weighted by molar-refractivity contribution is -0.136. The lowest BCUT2D eigenvalue weighted by Gasteiger charge is -2.38. The van der Waals surface area contributed by atoms with Crippen molar-refractivity contribution < 1.29 is 9.53 Å². The van der Waals surface area contributed by atoms with E-state index >= 15 is 0 Å². The van der Waals surface area contributed by atoms with Gasteiger partial charge >= 0.3 is 0 Å². The first kappa shape index (κ1) is 19.0. The minimum Gasteiger partial charge on any atom is -0.492 e. The van der Waals surface area contributed by atoms with Crippen LogP contribution in [0, 0.1) is 5.41 Å². The Labute approximate surface area is 149 Å². The van der Waals surface area contributed by atoms with Gasteiger partial charge in [-0.1, -0.05) is 32.4 Å². The van der Waals surface area contributed by atoms with Crippen molar-refractivity contribution in [2.75, 3.05) is 39.3 Å². The van der Waals surface area contributed by atoms with Crippen molar-refractivity contribution in [3.05, 3.63) is 29.3 Å². The van der Waals surface area contributed by atoms with Crippen LogP contribution in [0.5, 0.6) is 5.75 Å². The number of rotatable bonds is 5. The zero-order chi connectivity index (χ0) is 17.7. The normalized spacial score (nSPS) is 17.6. The minimum absolute atomic E-state index is 0.0552. The van der Waals surface area contributed by atoms with E-state index in [1.165, 1.54) is 0 Å². The molecule has 134 valence electrons. The highest BCUT2D eigenvalue weighted by Gasteiger charge is 2.32. The average molecular weight is 354 g/mol. The van der Waals surface area contributed by atoms with Gasteiger partial charge < -0.3 is 15.4 Å². The molecular formula is C18H28ClN3O2. The number of amides is 1. The number of carbonyl (C=O) groups is 1. The topological polar surface area (TPSA) is 58.8 Å². The van der Waals surface area contributed by atoms with Crippen LogP contribution >= 0.6 is 11.6 Å².